The molecule has 0 radical (unpaired) electrons. The maximum atomic E-state index is 13.3. The van der Waals surface area contributed by atoms with E-state index >= 15 is 0 Å². The van der Waals surface area contributed by atoms with E-state index < -0.39 is 54.0 Å². The van der Waals surface area contributed by atoms with Crippen LogP contribution in [-0.2, 0) is 25.6 Å². The molecule has 7 N–H and O–H groups in total. The zero-order valence-electron chi connectivity index (χ0n) is 19.2. The van der Waals surface area contributed by atoms with Gasteiger partial charge in [0.15, 0.2) is 0 Å². The molecule has 1 saturated heterocycles. The van der Waals surface area contributed by atoms with E-state index in [9.17, 15) is 29.4 Å². The summed E-state index contributed by atoms with van der Waals surface area (Å²) < 4.78 is 0. The highest BCUT2D eigenvalue weighted by molar-refractivity contribution is 5.94. The lowest BCUT2D eigenvalue weighted by Crippen LogP contribution is -2.60. The fourth-order valence-corrected chi connectivity index (χ4v) is 3.74. The van der Waals surface area contributed by atoms with E-state index in [0.717, 1.165) is 0 Å². The highest BCUT2D eigenvalue weighted by Gasteiger charge is 2.39. The van der Waals surface area contributed by atoms with Gasteiger partial charge in [0.2, 0.25) is 17.7 Å². The van der Waals surface area contributed by atoms with E-state index in [-0.39, 0.29) is 18.9 Å². The molecular formula is C21H34N6O6. The van der Waals surface area contributed by atoms with Crippen molar-refractivity contribution in [1.29, 1.82) is 0 Å². The Hall–Kier alpha value is -2.99. The maximum absolute atomic E-state index is 13.3. The molecule has 1 aliphatic heterocycles. The Bertz CT molecular complexity index is 829. The zero-order chi connectivity index (χ0) is 24.7. The molecule has 33 heavy (non-hydrogen) atoms. The van der Waals surface area contributed by atoms with Crippen LogP contribution in [0.1, 0.15) is 45.7 Å². The van der Waals surface area contributed by atoms with Crippen LogP contribution >= 0.6 is 0 Å². The number of aromatic nitrogens is 2. The van der Waals surface area contributed by atoms with Crippen molar-refractivity contribution in [3.63, 3.8) is 0 Å². The van der Waals surface area contributed by atoms with Crippen molar-refractivity contribution >= 4 is 23.7 Å². The summed E-state index contributed by atoms with van der Waals surface area (Å²) in [5.41, 5.74) is 6.28. The van der Waals surface area contributed by atoms with Gasteiger partial charge in [-0.25, -0.2) is 9.78 Å². The molecule has 184 valence electrons. The number of aromatic amines is 1. The SMILES string of the molecule is CCC(C)C(NC(=O)C(N)C(C)O)C(=O)NC(Cc1cnc[nH]1)C(=O)N1CCCC1C(=O)O. The average Bonchev–Trinajstić information content (AvgIpc) is 3.47. The first-order valence-corrected chi connectivity index (χ1v) is 11.1. The molecule has 2 heterocycles. The standard InChI is InChI=1S/C21H34N6O6/c1-4-11(2)17(26-18(29)16(22)12(3)28)19(30)25-14(8-13-9-23-10-24-13)20(31)27-7-5-6-15(27)21(32)33/h9-12,14-17,28H,4-8,22H2,1-3H3,(H,23,24)(H,25,30)(H,26,29)(H,32,33). The topological polar surface area (TPSA) is 191 Å². The van der Waals surface area contributed by atoms with Crippen molar-refractivity contribution in [2.75, 3.05) is 6.54 Å². The maximum Gasteiger partial charge on any atom is 0.326 e. The first-order chi connectivity index (χ1) is 15.6. The van der Waals surface area contributed by atoms with E-state index in [1.165, 1.54) is 24.3 Å². The Kier molecular flexibility index (Phi) is 9.35. The van der Waals surface area contributed by atoms with Crippen LogP contribution in [0.5, 0.6) is 0 Å². The number of rotatable bonds is 11. The van der Waals surface area contributed by atoms with E-state index in [1.807, 2.05) is 6.92 Å². The van der Waals surface area contributed by atoms with Crippen molar-refractivity contribution in [3.8, 4) is 0 Å². The fraction of sp³-hybridized carbons (Fsp3) is 0.667. The van der Waals surface area contributed by atoms with Crippen LogP contribution < -0.4 is 16.4 Å². The minimum Gasteiger partial charge on any atom is -0.480 e. The number of H-pyrrole nitrogens is 1. The van der Waals surface area contributed by atoms with Crippen molar-refractivity contribution in [2.45, 2.75) is 76.7 Å². The predicted octanol–water partition coefficient (Wildman–Crippen LogP) is -1.25. The van der Waals surface area contributed by atoms with E-state index in [0.29, 0.717) is 25.0 Å². The van der Waals surface area contributed by atoms with Crippen molar-refractivity contribution < 1.29 is 29.4 Å². The van der Waals surface area contributed by atoms with Crippen molar-refractivity contribution in [2.24, 2.45) is 11.7 Å². The molecule has 3 amide bonds. The van der Waals surface area contributed by atoms with Crippen LogP contribution in [0, 0.1) is 5.92 Å². The van der Waals surface area contributed by atoms with E-state index in [1.54, 1.807) is 6.92 Å². The van der Waals surface area contributed by atoms with E-state index in [4.69, 9.17) is 5.73 Å². The molecular weight excluding hydrogens is 432 g/mol. The molecule has 1 aromatic rings. The Morgan fingerprint density at radius 3 is 2.52 bits per heavy atom. The molecule has 1 aromatic heterocycles. The van der Waals surface area contributed by atoms with Gasteiger partial charge in [-0.1, -0.05) is 20.3 Å². The molecule has 0 spiro atoms. The van der Waals surface area contributed by atoms with Gasteiger partial charge in [0.1, 0.15) is 24.2 Å². The van der Waals surface area contributed by atoms with Gasteiger partial charge in [-0.15, -0.1) is 0 Å². The second kappa shape index (κ2) is 11.8. The number of amides is 3. The van der Waals surface area contributed by atoms with Gasteiger partial charge in [0, 0.05) is 24.9 Å². The molecule has 2 rings (SSSR count). The summed E-state index contributed by atoms with van der Waals surface area (Å²) in [6.45, 7) is 5.27. The van der Waals surface area contributed by atoms with Crippen LogP contribution in [0.4, 0.5) is 0 Å². The molecule has 0 aromatic carbocycles. The van der Waals surface area contributed by atoms with E-state index in [2.05, 4.69) is 20.6 Å². The molecule has 6 unspecified atom stereocenters. The Morgan fingerprint density at radius 2 is 1.97 bits per heavy atom. The molecule has 6 atom stereocenters. The minimum atomic E-state index is -1.22. The van der Waals surface area contributed by atoms with Gasteiger partial charge in [-0.3, -0.25) is 14.4 Å². The van der Waals surface area contributed by atoms with Gasteiger partial charge in [0.05, 0.1) is 12.4 Å². The molecule has 0 bridgehead atoms. The summed E-state index contributed by atoms with van der Waals surface area (Å²) in [4.78, 5) is 58.5. The third kappa shape index (κ3) is 6.75. The van der Waals surface area contributed by atoms with Gasteiger partial charge in [-0.05, 0) is 25.7 Å². The van der Waals surface area contributed by atoms with Crippen LogP contribution in [-0.4, -0.2) is 85.6 Å². The zero-order valence-corrected chi connectivity index (χ0v) is 19.2. The van der Waals surface area contributed by atoms with Crippen LogP contribution in [0.2, 0.25) is 0 Å². The average molecular weight is 467 g/mol. The molecule has 12 heteroatoms. The number of aliphatic carboxylic acids is 1. The predicted molar refractivity (Wildman–Crippen MR) is 118 cm³/mol. The quantitative estimate of drug-likeness (QED) is 0.233. The Balaban J connectivity index is 2.24. The van der Waals surface area contributed by atoms with Crippen LogP contribution in [0.25, 0.3) is 0 Å². The van der Waals surface area contributed by atoms with Gasteiger partial charge in [-0.2, -0.15) is 0 Å². The lowest BCUT2D eigenvalue weighted by Gasteiger charge is -2.30. The first-order valence-electron chi connectivity index (χ1n) is 11.1. The normalized spacial score (nSPS) is 20.4. The number of nitrogens with two attached hydrogens (primary N) is 1. The molecule has 0 saturated carbocycles. The number of carbonyl (C=O) groups is 4. The largest absolute Gasteiger partial charge is 0.480 e. The highest BCUT2D eigenvalue weighted by Crippen LogP contribution is 2.20. The van der Waals surface area contributed by atoms with Gasteiger partial charge in [0.25, 0.3) is 0 Å². The number of carboxylic acids is 1. The number of nitrogens with zero attached hydrogens (tertiary/aromatic N) is 2. The van der Waals surface area contributed by atoms with Gasteiger partial charge < -0.3 is 36.5 Å². The summed E-state index contributed by atoms with van der Waals surface area (Å²) in [6.07, 6.45) is 3.36. The molecule has 1 aliphatic rings. The summed E-state index contributed by atoms with van der Waals surface area (Å²) >= 11 is 0. The second-order valence-electron chi connectivity index (χ2n) is 8.51. The lowest BCUT2D eigenvalue weighted by atomic mass is 9.96. The van der Waals surface area contributed by atoms with Crippen LogP contribution in [0.3, 0.4) is 0 Å². The Morgan fingerprint density at radius 1 is 1.27 bits per heavy atom. The highest BCUT2D eigenvalue weighted by atomic mass is 16.4. The number of hydrogen-bond acceptors (Lipinski definition) is 7. The monoisotopic (exact) mass is 466 g/mol. The number of nitrogens with one attached hydrogen (secondary N) is 3. The smallest absolute Gasteiger partial charge is 0.326 e. The first kappa shape index (κ1) is 26.3. The summed E-state index contributed by atoms with van der Waals surface area (Å²) in [6, 6.07) is -4.23. The van der Waals surface area contributed by atoms with Crippen LogP contribution in [0.15, 0.2) is 12.5 Å². The van der Waals surface area contributed by atoms with Gasteiger partial charge >= 0.3 is 5.97 Å². The molecule has 12 nitrogen and oxygen atoms in total. The fourth-order valence-electron chi connectivity index (χ4n) is 3.74. The van der Waals surface area contributed by atoms with Crippen molar-refractivity contribution in [3.05, 3.63) is 18.2 Å². The number of carboxylic acid groups (broad SMARTS) is 1. The number of hydrogen-bond donors (Lipinski definition) is 6. The number of imidazole rings is 1. The molecule has 1 fully saturated rings. The summed E-state index contributed by atoms with van der Waals surface area (Å²) in [5.74, 6) is -3.19. The van der Waals surface area contributed by atoms with Crippen molar-refractivity contribution in [1.82, 2.24) is 25.5 Å². The third-order valence-electron chi connectivity index (χ3n) is 6.03. The molecule has 0 aliphatic carbocycles. The summed E-state index contributed by atoms with van der Waals surface area (Å²) in [5, 5.41) is 24.3. The summed E-state index contributed by atoms with van der Waals surface area (Å²) in [7, 11) is 0. The number of carbonyl (C=O) groups excluding carboxylic acids is 3. The number of aliphatic hydroxyl groups excluding tert-OH is 1. The lowest BCUT2D eigenvalue weighted by molar-refractivity contribution is -0.149. The Labute approximate surface area is 192 Å². The minimum absolute atomic E-state index is 0.0712. The number of aliphatic hydroxyl groups is 1. The third-order valence-corrected chi connectivity index (χ3v) is 6.03. The second-order valence-corrected chi connectivity index (χ2v) is 8.51. The number of likely N-dealkylation sites (tertiary alicyclic amines) is 1.